The van der Waals surface area contributed by atoms with E-state index in [0.717, 1.165) is 5.56 Å². The van der Waals surface area contributed by atoms with Crippen molar-refractivity contribution in [3.05, 3.63) is 56.2 Å². The number of carbonyl (C=O) groups excluding carboxylic acids is 1. The summed E-state index contributed by atoms with van der Waals surface area (Å²) in [6, 6.07) is 11.3. The Kier molecular flexibility index (Phi) is 3.87. The minimum Gasteiger partial charge on any atom is -0.293 e. The van der Waals surface area contributed by atoms with Crippen LogP contribution >= 0.6 is 34.5 Å². The highest BCUT2D eigenvalue weighted by atomic mass is 35.5. The highest BCUT2D eigenvalue weighted by molar-refractivity contribution is 7.20. The van der Waals surface area contributed by atoms with E-state index in [4.69, 9.17) is 23.2 Å². The molecule has 1 heterocycles. The van der Waals surface area contributed by atoms with Crippen LogP contribution in [0.5, 0.6) is 0 Å². The number of benzene rings is 1. The summed E-state index contributed by atoms with van der Waals surface area (Å²) in [6.45, 7) is 1.87. The van der Waals surface area contributed by atoms with E-state index in [1.54, 1.807) is 6.07 Å². The Morgan fingerprint density at radius 2 is 1.88 bits per heavy atom. The first-order valence-corrected chi connectivity index (χ1v) is 6.71. The number of thiophene rings is 1. The zero-order valence-corrected chi connectivity index (χ0v) is 11.4. The predicted molar refractivity (Wildman–Crippen MR) is 73.5 cm³/mol. The maximum atomic E-state index is 12.2. The van der Waals surface area contributed by atoms with Gasteiger partial charge in [-0.15, -0.1) is 11.3 Å². The average molecular weight is 285 g/mol. The monoisotopic (exact) mass is 284 g/mol. The third kappa shape index (κ3) is 2.71. The Balaban J connectivity index is 2.30. The van der Waals surface area contributed by atoms with Crippen LogP contribution in [0.15, 0.2) is 36.4 Å². The summed E-state index contributed by atoms with van der Waals surface area (Å²) >= 11 is 13.0. The van der Waals surface area contributed by atoms with E-state index in [1.807, 2.05) is 37.3 Å². The molecule has 1 nitrogen and oxygen atoms in total. The van der Waals surface area contributed by atoms with Crippen LogP contribution in [0.3, 0.4) is 0 Å². The molecule has 0 N–H and O–H groups in total. The van der Waals surface area contributed by atoms with Gasteiger partial charge in [0.25, 0.3) is 0 Å². The Morgan fingerprint density at radius 1 is 1.24 bits per heavy atom. The maximum Gasteiger partial charge on any atom is 0.172 e. The topological polar surface area (TPSA) is 17.1 Å². The lowest BCUT2D eigenvalue weighted by Gasteiger charge is -2.09. The van der Waals surface area contributed by atoms with E-state index in [0.29, 0.717) is 14.2 Å². The number of rotatable bonds is 3. The molecule has 2 rings (SSSR count). The van der Waals surface area contributed by atoms with Crippen molar-refractivity contribution >= 4 is 40.3 Å². The fourth-order valence-corrected chi connectivity index (χ4v) is 3.11. The molecule has 0 spiro atoms. The average Bonchev–Trinajstić information content (AvgIpc) is 2.68. The highest BCUT2D eigenvalue weighted by Crippen LogP contribution is 2.34. The van der Waals surface area contributed by atoms with Gasteiger partial charge in [0.2, 0.25) is 0 Å². The molecule has 0 fully saturated rings. The minimum absolute atomic E-state index is 0.00403. The summed E-state index contributed by atoms with van der Waals surface area (Å²) in [5.74, 6) is -0.205. The molecule has 1 atom stereocenters. The molecule has 4 heteroatoms. The predicted octanol–water partition coefficient (Wildman–Crippen LogP) is 5.04. The van der Waals surface area contributed by atoms with Crippen molar-refractivity contribution in [2.45, 2.75) is 12.8 Å². The van der Waals surface area contributed by atoms with E-state index in [-0.39, 0.29) is 11.7 Å². The lowest BCUT2D eigenvalue weighted by molar-refractivity contribution is 0.0966. The van der Waals surface area contributed by atoms with Crippen LogP contribution in [0.1, 0.15) is 28.8 Å². The standard InChI is InChI=1S/C13H10Cl2OS/c1-8(9-5-3-2-4-6-9)12(16)10-7-11(14)17-13(10)15/h2-8H,1H3. The van der Waals surface area contributed by atoms with Crippen molar-refractivity contribution in [1.82, 2.24) is 0 Å². The molecule has 0 radical (unpaired) electrons. The zero-order valence-electron chi connectivity index (χ0n) is 9.11. The number of hydrogen-bond acceptors (Lipinski definition) is 2. The summed E-state index contributed by atoms with van der Waals surface area (Å²) in [6.07, 6.45) is 0. The molecule has 0 aliphatic carbocycles. The van der Waals surface area contributed by atoms with Crippen LogP contribution in [0.2, 0.25) is 8.67 Å². The van der Waals surface area contributed by atoms with Crippen LogP contribution < -0.4 is 0 Å². The second-order valence-electron chi connectivity index (χ2n) is 3.73. The molecule has 0 saturated carbocycles. The molecular formula is C13H10Cl2OS. The molecule has 88 valence electrons. The molecule has 0 saturated heterocycles. The third-order valence-electron chi connectivity index (χ3n) is 2.61. The SMILES string of the molecule is CC(C(=O)c1cc(Cl)sc1Cl)c1ccccc1. The molecule has 0 aliphatic heterocycles. The number of carbonyl (C=O) groups is 1. The first-order valence-electron chi connectivity index (χ1n) is 5.13. The molecule has 0 aliphatic rings. The fraction of sp³-hybridized carbons (Fsp3) is 0.154. The van der Waals surface area contributed by atoms with Crippen LogP contribution in [0, 0.1) is 0 Å². The van der Waals surface area contributed by atoms with E-state index < -0.39 is 0 Å². The normalized spacial score (nSPS) is 12.4. The van der Waals surface area contributed by atoms with Crippen molar-refractivity contribution in [3.8, 4) is 0 Å². The van der Waals surface area contributed by atoms with Gasteiger partial charge >= 0.3 is 0 Å². The van der Waals surface area contributed by atoms with Gasteiger partial charge in [0.05, 0.1) is 4.34 Å². The summed E-state index contributed by atoms with van der Waals surface area (Å²) in [4.78, 5) is 12.2. The van der Waals surface area contributed by atoms with Gasteiger partial charge in [0, 0.05) is 11.5 Å². The van der Waals surface area contributed by atoms with E-state index >= 15 is 0 Å². The van der Waals surface area contributed by atoms with Crippen molar-refractivity contribution in [3.63, 3.8) is 0 Å². The van der Waals surface area contributed by atoms with Crippen LogP contribution in [-0.2, 0) is 0 Å². The van der Waals surface area contributed by atoms with Crippen molar-refractivity contribution < 1.29 is 4.79 Å². The van der Waals surface area contributed by atoms with Gasteiger partial charge in [0.15, 0.2) is 5.78 Å². The number of Topliss-reactive ketones (excluding diaryl/α,β-unsaturated/α-hetero) is 1. The summed E-state index contributed by atoms with van der Waals surface area (Å²) in [5, 5.41) is 0. The van der Waals surface area contributed by atoms with E-state index in [2.05, 4.69) is 0 Å². The molecule has 2 aromatic rings. The molecule has 1 unspecified atom stereocenters. The van der Waals surface area contributed by atoms with Gasteiger partial charge in [-0.05, 0) is 11.6 Å². The number of ketones is 1. The smallest absolute Gasteiger partial charge is 0.172 e. The van der Waals surface area contributed by atoms with E-state index in [9.17, 15) is 4.79 Å². The fourth-order valence-electron chi connectivity index (χ4n) is 1.63. The molecule has 1 aromatic carbocycles. The first kappa shape index (κ1) is 12.6. The van der Waals surface area contributed by atoms with Crippen molar-refractivity contribution in [2.75, 3.05) is 0 Å². The van der Waals surface area contributed by atoms with Crippen molar-refractivity contribution in [1.29, 1.82) is 0 Å². The van der Waals surface area contributed by atoms with Crippen molar-refractivity contribution in [2.24, 2.45) is 0 Å². The molecule has 1 aromatic heterocycles. The third-order valence-corrected chi connectivity index (χ3v) is 4.10. The van der Waals surface area contributed by atoms with E-state index in [1.165, 1.54) is 11.3 Å². The zero-order chi connectivity index (χ0) is 12.4. The second kappa shape index (κ2) is 5.21. The largest absolute Gasteiger partial charge is 0.293 e. The van der Waals surface area contributed by atoms with Gasteiger partial charge in [0.1, 0.15) is 4.34 Å². The summed E-state index contributed by atoms with van der Waals surface area (Å²) in [7, 11) is 0. The van der Waals surface area contributed by atoms with Gasteiger partial charge in [-0.1, -0.05) is 60.5 Å². The molecule has 17 heavy (non-hydrogen) atoms. The summed E-state index contributed by atoms with van der Waals surface area (Å²) in [5.41, 5.74) is 1.49. The van der Waals surface area contributed by atoms with Crippen LogP contribution in [0.25, 0.3) is 0 Å². The minimum atomic E-state index is -0.209. The van der Waals surface area contributed by atoms with Crippen LogP contribution in [-0.4, -0.2) is 5.78 Å². The lowest BCUT2D eigenvalue weighted by Crippen LogP contribution is -2.08. The maximum absolute atomic E-state index is 12.2. The summed E-state index contributed by atoms with van der Waals surface area (Å²) < 4.78 is 1.00. The Morgan fingerprint density at radius 3 is 2.41 bits per heavy atom. The quantitative estimate of drug-likeness (QED) is 0.722. The van der Waals surface area contributed by atoms with Gasteiger partial charge in [-0.3, -0.25) is 4.79 Å². The Hall–Kier alpha value is -0.830. The van der Waals surface area contributed by atoms with Gasteiger partial charge in [-0.25, -0.2) is 0 Å². The number of hydrogen-bond donors (Lipinski definition) is 0. The lowest BCUT2D eigenvalue weighted by atomic mass is 9.94. The molecule has 0 bridgehead atoms. The van der Waals surface area contributed by atoms with Crippen LogP contribution in [0.4, 0.5) is 0 Å². The van der Waals surface area contributed by atoms with Gasteiger partial charge < -0.3 is 0 Å². The highest BCUT2D eigenvalue weighted by Gasteiger charge is 2.21. The molecule has 0 amide bonds. The van der Waals surface area contributed by atoms with Gasteiger partial charge in [-0.2, -0.15) is 0 Å². The Labute approximate surface area is 114 Å². The Bertz CT molecular complexity index is 534. The molecular weight excluding hydrogens is 275 g/mol. The number of halogens is 2. The second-order valence-corrected chi connectivity index (χ2v) is 6.02. The first-order chi connectivity index (χ1) is 8.09.